The summed E-state index contributed by atoms with van der Waals surface area (Å²) in [5.41, 5.74) is 2.40. The number of rotatable bonds is 4. The number of hydrogen-bond donors (Lipinski definition) is 1. The van der Waals surface area contributed by atoms with Gasteiger partial charge in [-0.2, -0.15) is 0 Å². The largest absolute Gasteiger partial charge is 0.316 e. The predicted octanol–water partition coefficient (Wildman–Crippen LogP) is 2.11. The quantitative estimate of drug-likeness (QED) is 0.837. The van der Waals surface area contributed by atoms with Crippen molar-refractivity contribution in [2.24, 2.45) is 5.92 Å². The smallest absolute Gasteiger partial charge is 0.137 e. The minimum absolute atomic E-state index is 0.378. The zero-order chi connectivity index (χ0) is 11.4. The van der Waals surface area contributed by atoms with Crippen molar-refractivity contribution in [1.82, 2.24) is 5.32 Å². The van der Waals surface area contributed by atoms with E-state index in [-0.39, 0.29) is 0 Å². The van der Waals surface area contributed by atoms with E-state index in [0.29, 0.717) is 18.1 Å². The molecule has 0 aromatic heterocycles. The summed E-state index contributed by atoms with van der Waals surface area (Å²) >= 11 is 0. The fourth-order valence-electron chi connectivity index (χ4n) is 2.30. The lowest BCUT2D eigenvalue weighted by molar-refractivity contribution is -0.119. The van der Waals surface area contributed by atoms with Crippen molar-refractivity contribution in [3.05, 3.63) is 35.4 Å². The fourth-order valence-corrected chi connectivity index (χ4v) is 2.30. The Morgan fingerprint density at radius 1 is 1.44 bits per heavy atom. The van der Waals surface area contributed by atoms with E-state index in [4.69, 9.17) is 0 Å². The molecule has 0 aliphatic carbocycles. The molecule has 0 spiro atoms. The molecule has 1 N–H and O–H groups in total. The van der Waals surface area contributed by atoms with Gasteiger partial charge in [0.2, 0.25) is 0 Å². The summed E-state index contributed by atoms with van der Waals surface area (Å²) in [4.78, 5) is 11.9. The molecule has 86 valence electrons. The van der Waals surface area contributed by atoms with Crippen molar-refractivity contribution >= 4 is 5.78 Å². The first-order chi connectivity index (χ1) is 7.75. The summed E-state index contributed by atoms with van der Waals surface area (Å²) in [5, 5.41) is 3.30. The maximum absolute atomic E-state index is 11.9. The lowest BCUT2D eigenvalue weighted by Crippen LogP contribution is -2.14. The topological polar surface area (TPSA) is 29.1 Å². The molecule has 1 unspecified atom stereocenters. The van der Waals surface area contributed by atoms with Gasteiger partial charge < -0.3 is 5.32 Å². The van der Waals surface area contributed by atoms with E-state index in [2.05, 4.69) is 24.4 Å². The van der Waals surface area contributed by atoms with Gasteiger partial charge in [0, 0.05) is 12.8 Å². The van der Waals surface area contributed by atoms with Crippen LogP contribution in [0, 0.1) is 12.8 Å². The predicted molar refractivity (Wildman–Crippen MR) is 65.5 cm³/mol. The van der Waals surface area contributed by atoms with Crippen LogP contribution in [0.5, 0.6) is 0 Å². The average Bonchev–Trinajstić information content (AvgIpc) is 2.74. The van der Waals surface area contributed by atoms with Crippen LogP contribution in [0.15, 0.2) is 24.3 Å². The molecule has 1 saturated heterocycles. The van der Waals surface area contributed by atoms with Crippen LogP contribution in [-0.2, 0) is 11.2 Å². The molecule has 1 heterocycles. The standard InChI is InChI=1S/C14H19NO/c1-11-4-2-3-5-13(11)9-14(16)8-12-6-7-15-10-12/h2-5,12,15H,6-10H2,1H3. The van der Waals surface area contributed by atoms with Crippen molar-refractivity contribution in [3.63, 3.8) is 0 Å². The molecule has 1 aliphatic heterocycles. The van der Waals surface area contributed by atoms with Crippen molar-refractivity contribution in [1.29, 1.82) is 0 Å². The number of aryl methyl sites for hydroxylation is 1. The van der Waals surface area contributed by atoms with Crippen molar-refractivity contribution in [2.75, 3.05) is 13.1 Å². The number of benzene rings is 1. The molecule has 1 aliphatic rings. The van der Waals surface area contributed by atoms with Gasteiger partial charge in [-0.05, 0) is 43.5 Å². The maximum Gasteiger partial charge on any atom is 0.137 e. The molecule has 0 radical (unpaired) electrons. The first-order valence-electron chi connectivity index (χ1n) is 6.02. The Morgan fingerprint density at radius 3 is 2.94 bits per heavy atom. The first-order valence-corrected chi connectivity index (χ1v) is 6.02. The highest BCUT2D eigenvalue weighted by atomic mass is 16.1. The second-order valence-electron chi connectivity index (χ2n) is 4.70. The van der Waals surface area contributed by atoms with Crippen LogP contribution in [0.1, 0.15) is 24.0 Å². The summed E-state index contributed by atoms with van der Waals surface area (Å²) in [6.07, 6.45) is 2.49. The Morgan fingerprint density at radius 2 is 2.25 bits per heavy atom. The third-order valence-corrected chi connectivity index (χ3v) is 3.33. The lowest BCUT2D eigenvalue weighted by atomic mass is 9.96. The van der Waals surface area contributed by atoms with Gasteiger partial charge in [0.1, 0.15) is 5.78 Å². The van der Waals surface area contributed by atoms with E-state index in [9.17, 15) is 4.79 Å². The van der Waals surface area contributed by atoms with Crippen LogP contribution in [0.2, 0.25) is 0 Å². The molecule has 0 bridgehead atoms. The van der Waals surface area contributed by atoms with Crippen LogP contribution in [0.3, 0.4) is 0 Å². The van der Waals surface area contributed by atoms with Gasteiger partial charge in [-0.3, -0.25) is 4.79 Å². The van der Waals surface area contributed by atoms with Gasteiger partial charge in [-0.15, -0.1) is 0 Å². The molecule has 0 amide bonds. The summed E-state index contributed by atoms with van der Waals surface area (Å²) in [7, 11) is 0. The number of Topliss-reactive ketones (excluding diaryl/α,β-unsaturated/α-hetero) is 1. The molecule has 1 atom stereocenters. The Balaban J connectivity index is 1.89. The summed E-state index contributed by atoms with van der Waals surface area (Å²) in [5.74, 6) is 0.944. The summed E-state index contributed by atoms with van der Waals surface area (Å²) < 4.78 is 0. The Kier molecular flexibility index (Phi) is 3.73. The minimum Gasteiger partial charge on any atom is -0.316 e. The molecular formula is C14H19NO. The molecule has 16 heavy (non-hydrogen) atoms. The SMILES string of the molecule is Cc1ccccc1CC(=O)CC1CCNC1. The zero-order valence-corrected chi connectivity index (χ0v) is 9.83. The van der Waals surface area contributed by atoms with Gasteiger partial charge in [0.05, 0.1) is 0 Å². The van der Waals surface area contributed by atoms with Crippen LogP contribution in [-0.4, -0.2) is 18.9 Å². The summed E-state index contributed by atoms with van der Waals surface area (Å²) in [6.45, 7) is 4.15. The highest BCUT2D eigenvalue weighted by Crippen LogP contribution is 2.15. The minimum atomic E-state index is 0.378. The van der Waals surface area contributed by atoms with E-state index in [1.54, 1.807) is 0 Å². The molecule has 1 fully saturated rings. The molecule has 2 nitrogen and oxygen atoms in total. The Hall–Kier alpha value is -1.15. The number of nitrogens with one attached hydrogen (secondary N) is 1. The maximum atomic E-state index is 11.9. The zero-order valence-electron chi connectivity index (χ0n) is 9.83. The molecule has 2 rings (SSSR count). The van der Waals surface area contributed by atoms with E-state index >= 15 is 0 Å². The molecule has 1 aromatic rings. The number of carbonyl (C=O) groups is 1. The number of hydrogen-bond acceptors (Lipinski definition) is 2. The van der Waals surface area contributed by atoms with Crippen LogP contribution in [0.25, 0.3) is 0 Å². The van der Waals surface area contributed by atoms with E-state index in [0.717, 1.165) is 25.9 Å². The van der Waals surface area contributed by atoms with Gasteiger partial charge in [-0.25, -0.2) is 0 Å². The summed E-state index contributed by atoms with van der Waals surface area (Å²) in [6, 6.07) is 8.15. The highest BCUT2D eigenvalue weighted by Gasteiger charge is 2.18. The number of carbonyl (C=O) groups excluding carboxylic acids is 1. The van der Waals surface area contributed by atoms with E-state index < -0.39 is 0 Å². The van der Waals surface area contributed by atoms with Crippen molar-refractivity contribution in [3.8, 4) is 0 Å². The molecular weight excluding hydrogens is 198 g/mol. The first kappa shape index (κ1) is 11.3. The van der Waals surface area contributed by atoms with Crippen molar-refractivity contribution in [2.45, 2.75) is 26.2 Å². The molecule has 0 saturated carbocycles. The normalized spacial score (nSPS) is 19.9. The van der Waals surface area contributed by atoms with Gasteiger partial charge in [0.25, 0.3) is 0 Å². The van der Waals surface area contributed by atoms with Gasteiger partial charge in [0.15, 0.2) is 0 Å². The van der Waals surface area contributed by atoms with Gasteiger partial charge >= 0.3 is 0 Å². The van der Waals surface area contributed by atoms with Gasteiger partial charge in [-0.1, -0.05) is 24.3 Å². The van der Waals surface area contributed by atoms with E-state index in [1.165, 1.54) is 11.1 Å². The monoisotopic (exact) mass is 217 g/mol. The van der Waals surface area contributed by atoms with Crippen LogP contribution < -0.4 is 5.32 Å². The van der Waals surface area contributed by atoms with E-state index in [1.807, 2.05) is 12.1 Å². The highest BCUT2D eigenvalue weighted by molar-refractivity contribution is 5.81. The third-order valence-electron chi connectivity index (χ3n) is 3.33. The second kappa shape index (κ2) is 5.26. The van der Waals surface area contributed by atoms with Crippen LogP contribution >= 0.6 is 0 Å². The Labute approximate surface area is 97.1 Å². The van der Waals surface area contributed by atoms with Crippen molar-refractivity contribution < 1.29 is 4.79 Å². The molecule has 2 heteroatoms. The number of ketones is 1. The average molecular weight is 217 g/mol. The third kappa shape index (κ3) is 2.92. The molecule has 1 aromatic carbocycles. The fraction of sp³-hybridized carbons (Fsp3) is 0.500. The Bertz CT molecular complexity index is 367. The van der Waals surface area contributed by atoms with Crippen LogP contribution in [0.4, 0.5) is 0 Å². The second-order valence-corrected chi connectivity index (χ2v) is 4.70. The lowest BCUT2D eigenvalue weighted by Gasteiger charge is -2.08.